The van der Waals surface area contributed by atoms with Crippen LogP contribution in [0.3, 0.4) is 0 Å². The Labute approximate surface area is 268 Å². The molecule has 4 amide bonds. The first-order chi connectivity index (χ1) is 21.6. The summed E-state index contributed by atoms with van der Waals surface area (Å²) < 4.78 is 12.7. The van der Waals surface area contributed by atoms with E-state index in [1.165, 1.54) is 6.42 Å². The van der Waals surface area contributed by atoms with Crippen LogP contribution < -0.4 is 27.0 Å². The predicted octanol–water partition coefficient (Wildman–Crippen LogP) is 1.22. The standard InChI is InChI=1S/C31H58N8O6/c1-24(2)9-5-7-15-33-30(42)14-20-45-22-18-39-23-26(37-38-39)11-12-28(40)35-17-21-44-19-13-29(41)34-16-8-6-10-27(31(32)43)36-25(3)4/h23-25,27,36H,5-22H2,1-4H3,(H2,32,43)(H,33,42)(H,34,41)(H,35,40). The van der Waals surface area contributed by atoms with Crippen LogP contribution in [-0.4, -0.2) is 96.8 Å². The Morgan fingerprint density at radius 3 is 1.96 bits per heavy atom. The maximum absolute atomic E-state index is 12.1. The van der Waals surface area contributed by atoms with E-state index in [1.807, 2.05) is 13.8 Å². The van der Waals surface area contributed by atoms with Crippen LogP contribution in [0.1, 0.15) is 91.2 Å². The molecule has 1 atom stereocenters. The van der Waals surface area contributed by atoms with E-state index in [-0.39, 0.29) is 55.2 Å². The summed E-state index contributed by atoms with van der Waals surface area (Å²) in [6.07, 6.45) is 8.57. The number of carbonyl (C=O) groups is 4. The highest BCUT2D eigenvalue weighted by Crippen LogP contribution is 2.05. The van der Waals surface area contributed by atoms with Crippen molar-refractivity contribution in [3.8, 4) is 0 Å². The molecule has 14 heteroatoms. The van der Waals surface area contributed by atoms with Crippen molar-refractivity contribution in [3.05, 3.63) is 11.9 Å². The molecule has 0 fully saturated rings. The van der Waals surface area contributed by atoms with Gasteiger partial charge in [-0.15, -0.1) is 5.10 Å². The van der Waals surface area contributed by atoms with Gasteiger partial charge in [-0.1, -0.05) is 45.7 Å². The molecular formula is C31H58N8O6. The highest BCUT2D eigenvalue weighted by Gasteiger charge is 2.15. The summed E-state index contributed by atoms with van der Waals surface area (Å²) in [4.78, 5) is 47.4. The number of nitrogens with zero attached hydrogens (tertiary/aromatic N) is 3. The van der Waals surface area contributed by atoms with E-state index in [4.69, 9.17) is 15.2 Å². The molecule has 0 saturated heterocycles. The van der Waals surface area contributed by atoms with E-state index >= 15 is 0 Å². The Kier molecular flexibility index (Phi) is 22.3. The van der Waals surface area contributed by atoms with Crippen molar-refractivity contribution in [1.29, 1.82) is 0 Å². The van der Waals surface area contributed by atoms with Crippen molar-refractivity contribution in [2.45, 2.75) is 111 Å². The Balaban J connectivity index is 2.00. The first-order valence-corrected chi connectivity index (χ1v) is 16.5. The molecule has 1 unspecified atom stereocenters. The van der Waals surface area contributed by atoms with E-state index in [1.54, 1.807) is 10.9 Å². The van der Waals surface area contributed by atoms with E-state index in [0.29, 0.717) is 76.9 Å². The zero-order valence-corrected chi connectivity index (χ0v) is 27.9. The number of nitrogens with one attached hydrogen (secondary N) is 4. The van der Waals surface area contributed by atoms with Crippen LogP contribution in [0.2, 0.25) is 0 Å². The van der Waals surface area contributed by atoms with Crippen LogP contribution in [-0.2, 0) is 41.6 Å². The minimum Gasteiger partial charge on any atom is -0.379 e. The number of ether oxygens (including phenoxy) is 2. The van der Waals surface area contributed by atoms with Gasteiger partial charge in [-0.3, -0.25) is 19.2 Å². The van der Waals surface area contributed by atoms with E-state index in [2.05, 4.69) is 45.4 Å². The molecular weight excluding hydrogens is 580 g/mol. The Morgan fingerprint density at radius 1 is 0.778 bits per heavy atom. The van der Waals surface area contributed by atoms with Gasteiger partial charge in [-0.25, -0.2) is 4.68 Å². The van der Waals surface area contributed by atoms with Crippen molar-refractivity contribution in [2.24, 2.45) is 11.7 Å². The fourth-order valence-corrected chi connectivity index (χ4v) is 4.34. The fraction of sp³-hybridized carbons (Fsp3) is 0.806. The highest BCUT2D eigenvalue weighted by atomic mass is 16.5. The number of aromatic nitrogens is 3. The average molecular weight is 639 g/mol. The van der Waals surface area contributed by atoms with Crippen molar-refractivity contribution >= 4 is 23.6 Å². The molecule has 0 bridgehead atoms. The third-order valence-electron chi connectivity index (χ3n) is 6.82. The molecule has 0 radical (unpaired) electrons. The Hall–Kier alpha value is -3.10. The summed E-state index contributed by atoms with van der Waals surface area (Å²) in [7, 11) is 0. The summed E-state index contributed by atoms with van der Waals surface area (Å²) in [5, 5.41) is 19.9. The normalized spacial score (nSPS) is 12.0. The van der Waals surface area contributed by atoms with E-state index in [9.17, 15) is 19.2 Å². The Morgan fingerprint density at radius 2 is 1.36 bits per heavy atom. The molecule has 45 heavy (non-hydrogen) atoms. The first kappa shape index (κ1) is 39.9. The zero-order valence-electron chi connectivity index (χ0n) is 27.9. The number of amides is 4. The minimum absolute atomic E-state index is 0.00559. The number of rotatable bonds is 28. The van der Waals surface area contributed by atoms with Gasteiger partial charge in [-0.05, 0) is 31.6 Å². The van der Waals surface area contributed by atoms with Crippen molar-refractivity contribution in [2.75, 3.05) is 46.1 Å². The number of aryl methyl sites for hydroxylation is 1. The number of nitrogens with two attached hydrogens (primary N) is 1. The van der Waals surface area contributed by atoms with E-state index in [0.717, 1.165) is 25.7 Å². The van der Waals surface area contributed by atoms with Gasteiger partial charge >= 0.3 is 0 Å². The molecule has 0 aromatic carbocycles. The average Bonchev–Trinajstić information content (AvgIpc) is 3.44. The molecule has 1 heterocycles. The van der Waals surface area contributed by atoms with Crippen molar-refractivity contribution in [1.82, 2.24) is 36.3 Å². The maximum Gasteiger partial charge on any atom is 0.234 e. The van der Waals surface area contributed by atoms with Crippen LogP contribution in [0.5, 0.6) is 0 Å². The third-order valence-corrected chi connectivity index (χ3v) is 6.82. The molecule has 6 N–H and O–H groups in total. The Bertz CT molecular complexity index is 972. The predicted molar refractivity (Wildman–Crippen MR) is 172 cm³/mol. The second kappa shape index (κ2) is 25.1. The van der Waals surface area contributed by atoms with Gasteiger partial charge in [-0.2, -0.15) is 0 Å². The van der Waals surface area contributed by atoms with Gasteiger partial charge in [0.25, 0.3) is 0 Å². The van der Waals surface area contributed by atoms with Crippen LogP contribution in [0.4, 0.5) is 0 Å². The molecule has 0 saturated carbocycles. The number of hydrogen-bond donors (Lipinski definition) is 5. The lowest BCUT2D eigenvalue weighted by atomic mass is 10.1. The molecule has 0 aliphatic heterocycles. The summed E-state index contributed by atoms with van der Waals surface area (Å²) >= 11 is 0. The topological polar surface area (TPSA) is 192 Å². The minimum atomic E-state index is -0.360. The first-order valence-electron chi connectivity index (χ1n) is 16.5. The summed E-state index contributed by atoms with van der Waals surface area (Å²) in [6.45, 7) is 11.8. The SMILES string of the molecule is CC(C)CCCCNC(=O)CCOCCn1cc(CCC(=O)NCCOCCC(=O)NCCCCC(NC(C)C)C(N)=O)nn1. The highest BCUT2D eigenvalue weighted by molar-refractivity contribution is 5.79. The molecule has 1 rings (SSSR count). The van der Waals surface area contributed by atoms with Gasteiger partial charge in [0.15, 0.2) is 0 Å². The lowest BCUT2D eigenvalue weighted by Crippen LogP contribution is -2.44. The van der Waals surface area contributed by atoms with Gasteiger partial charge in [0.1, 0.15) is 0 Å². The fourth-order valence-electron chi connectivity index (χ4n) is 4.34. The van der Waals surface area contributed by atoms with E-state index < -0.39 is 0 Å². The lowest BCUT2D eigenvalue weighted by molar-refractivity contribution is -0.123. The molecule has 258 valence electrons. The van der Waals surface area contributed by atoms with Crippen molar-refractivity contribution < 1.29 is 28.7 Å². The zero-order chi connectivity index (χ0) is 33.3. The number of primary amides is 1. The van der Waals surface area contributed by atoms with Gasteiger partial charge in [0.2, 0.25) is 23.6 Å². The second-order valence-corrected chi connectivity index (χ2v) is 11.9. The smallest absolute Gasteiger partial charge is 0.234 e. The molecule has 14 nitrogen and oxygen atoms in total. The number of carbonyl (C=O) groups excluding carboxylic acids is 4. The summed E-state index contributed by atoms with van der Waals surface area (Å²) in [5.41, 5.74) is 6.12. The molecule has 0 aliphatic rings. The van der Waals surface area contributed by atoms with Crippen LogP contribution in [0.25, 0.3) is 0 Å². The quantitative estimate of drug-likeness (QED) is 0.0840. The second-order valence-electron chi connectivity index (χ2n) is 11.9. The molecule has 1 aromatic heterocycles. The monoisotopic (exact) mass is 638 g/mol. The van der Waals surface area contributed by atoms with Gasteiger partial charge < -0.3 is 36.5 Å². The van der Waals surface area contributed by atoms with Crippen LogP contribution >= 0.6 is 0 Å². The molecule has 0 spiro atoms. The summed E-state index contributed by atoms with van der Waals surface area (Å²) in [6, 6.07) is -0.179. The summed E-state index contributed by atoms with van der Waals surface area (Å²) in [5.74, 6) is 0.121. The largest absolute Gasteiger partial charge is 0.379 e. The van der Waals surface area contributed by atoms with Gasteiger partial charge in [0, 0.05) is 57.6 Å². The van der Waals surface area contributed by atoms with Crippen LogP contribution in [0.15, 0.2) is 6.20 Å². The van der Waals surface area contributed by atoms with Crippen LogP contribution in [0, 0.1) is 5.92 Å². The molecule has 1 aromatic rings. The number of hydrogen-bond acceptors (Lipinski definition) is 9. The van der Waals surface area contributed by atoms with Crippen molar-refractivity contribution in [3.63, 3.8) is 0 Å². The molecule has 0 aliphatic carbocycles. The third kappa shape index (κ3) is 23.0. The lowest BCUT2D eigenvalue weighted by Gasteiger charge is -2.18. The van der Waals surface area contributed by atoms with Gasteiger partial charge in [0.05, 0.1) is 44.7 Å². The number of unbranched alkanes of at least 4 members (excludes halogenated alkanes) is 2. The maximum atomic E-state index is 12.1.